The largest absolute Gasteiger partial charge is 0.437 e. The first-order chi connectivity index (χ1) is 14.7. The maximum atomic E-state index is 6.26. The van der Waals surface area contributed by atoms with Gasteiger partial charge in [-0.2, -0.15) is 0 Å². The maximum absolute atomic E-state index is 6.26. The Morgan fingerprint density at radius 3 is 2.47 bits per heavy atom. The summed E-state index contributed by atoms with van der Waals surface area (Å²) in [6.45, 7) is 0. The minimum atomic E-state index is 0.262. The van der Waals surface area contributed by atoms with Crippen LogP contribution < -0.4 is 0 Å². The van der Waals surface area contributed by atoms with E-state index >= 15 is 0 Å². The van der Waals surface area contributed by atoms with Crippen LogP contribution >= 0.6 is 0 Å². The van der Waals surface area contributed by atoms with Crippen LogP contribution in [0.3, 0.4) is 0 Å². The zero-order chi connectivity index (χ0) is 20.1. The van der Waals surface area contributed by atoms with Gasteiger partial charge in [0.2, 0.25) is 5.71 Å². The van der Waals surface area contributed by atoms with Gasteiger partial charge in [-0.05, 0) is 28.4 Å². The third-order valence-electron chi connectivity index (χ3n) is 6.94. The van der Waals surface area contributed by atoms with E-state index in [2.05, 4.69) is 67.6 Å². The normalized spacial score (nSPS) is 16.4. The predicted octanol–water partition coefficient (Wildman–Crippen LogP) is 5.99. The van der Waals surface area contributed by atoms with E-state index in [4.69, 9.17) is 9.40 Å². The minimum Gasteiger partial charge on any atom is -0.437 e. The maximum Gasteiger partial charge on any atom is 0.227 e. The summed E-state index contributed by atoms with van der Waals surface area (Å²) in [5.74, 6) is 0. The predicted molar refractivity (Wildman–Crippen MR) is 126 cm³/mol. The molecule has 0 aliphatic heterocycles. The fourth-order valence-electron chi connectivity index (χ4n) is 5.16. The van der Waals surface area contributed by atoms with Crippen LogP contribution in [0.15, 0.2) is 71.4 Å². The van der Waals surface area contributed by atoms with Gasteiger partial charge in [0.15, 0.2) is 0 Å². The first kappa shape index (κ1) is 17.7. The van der Waals surface area contributed by atoms with Crippen molar-refractivity contribution in [1.82, 2.24) is 9.97 Å². The number of fused-ring (bicyclic) bond motifs is 5. The molecule has 0 unspecified atom stereocenters. The molecule has 0 radical (unpaired) electrons. The Kier molecular flexibility index (Phi) is 3.95. The molecule has 5 aromatic rings. The number of nitrogens with zero attached hydrogens (tertiary/aromatic N) is 2. The standard InChI is InChI=1S/C26H23BN2O/c27-26(13-4-1-5-14-26)18-11-12-22(28-16-18)20-9-6-10-21-23-19-8-3-2-7-17(19)15-29-25(23)30-24(20)21/h2-3,6-12,15-16H,1,4-5,13-14,27H2. The second-order valence-corrected chi connectivity index (χ2v) is 8.86. The molecule has 0 amide bonds. The third kappa shape index (κ3) is 2.67. The van der Waals surface area contributed by atoms with Crippen LogP contribution in [0.25, 0.3) is 44.1 Å². The summed E-state index contributed by atoms with van der Waals surface area (Å²) in [5, 5.41) is 4.74. The van der Waals surface area contributed by atoms with Crippen molar-refractivity contribution in [3.63, 3.8) is 0 Å². The van der Waals surface area contributed by atoms with Gasteiger partial charge in [0.25, 0.3) is 0 Å². The first-order valence-electron chi connectivity index (χ1n) is 10.9. The van der Waals surface area contributed by atoms with E-state index in [-0.39, 0.29) is 5.31 Å². The van der Waals surface area contributed by atoms with Crippen LogP contribution in [0, 0.1) is 0 Å². The highest BCUT2D eigenvalue weighted by Gasteiger charge is 2.29. The molecule has 3 aromatic heterocycles. The van der Waals surface area contributed by atoms with Gasteiger partial charge in [0.05, 0.1) is 11.1 Å². The quantitative estimate of drug-likeness (QED) is 0.348. The van der Waals surface area contributed by atoms with Gasteiger partial charge in [0, 0.05) is 28.7 Å². The van der Waals surface area contributed by atoms with Gasteiger partial charge in [0.1, 0.15) is 13.4 Å². The average Bonchev–Trinajstić information content (AvgIpc) is 3.19. The second-order valence-electron chi connectivity index (χ2n) is 8.86. The lowest BCUT2D eigenvalue weighted by Crippen LogP contribution is -2.29. The number of benzene rings is 2. The Hall–Kier alpha value is -3.14. The van der Waals surface area contributed by atoms with Crippen LogP contribution in [-0.4, -0.2) is 17.8 Å². The molecule has 2 aromatic carbocycles. The van der Waals surface area contributed by atoms with Crippen LogP contribution in [0.4, 0.5) is 0 Å². The van der Waals surface area contributed by atoms with Gasteiger partial charge >= 0.3 is 0 Å². The number of aromatic nitrogens is 2. The van der Waals surface area contributed by atoms with Crippen molar-refractivity contribution in [3.05, 3.63) is 72.6 Å². The van der Waals surface area contributed by atoms with E-state index in [0.717, 1.165) is 33.0 Å². The molecule has 1 aliphatic carbocycles. The van der Waals surface area contributed by atoms with E-state index in [1.165, 1.54) is 43.1 Å². The summed E-state index contributed by atoms with van der Waals surface area (Å²) in [5.41, 5.74) is 4.88. The molecular formula is C26H23BN2O. The van der Waals surface area contributed by atoms with Crippen molar-refractivity contribution in [2.45, 2.75) is 37.4 Å². The average molecular weight is 390 g/mol. The zero-order valence-electron chi connectivity index (χ0n) is 17.2. The highest BCUT2D eigenvalue weighted by molar-refractivity contribution is 6.19. The molecule has 0 bridgehead atoms. The number of furan rings is 1. The van der Waals surface area contributed by atoms with Gasteiger partial charge in [-0.1, -0.05) is 74.6 Å². The van der Waals surface area contributed by atoms with E-state index in [9.17, 15) is 0 Å². The first-order valence-corrected chi connectivity index (χ1v) is 10.9. The van der Waals surface area contributed by atoms with Gasteiger partial charge in [-0.15, -0.1) is 0 Å². The van der Waals surface area contributed by atoms with Crippen molar-refractivity contribution in [3.8, 4) is 11.3 Å². The van der Waals surface area contributed by atoms with Crippen LogP contribution in [-0.2, 0) is 5.31 Å². The molecule has 30 heavy (non-hydrogen) atoms. The third-order valence-corrected chi connectivity index (χ3v) is 6.94. The number of para-hydroxylation sites is 1. The molecule has 1 aliphatic rings. The molecule has 0 atom stereocenters. The molecule has 0 N–H and O–H groups in total. The Morgan fingerprint density at radius 1 is 0.800 bits per heavy atom. The topological polar surface area (TPSA) is 38.9 Å². The summed E-state index contributed by atoms with van der Waals surface area (Å²) in [7, 11) is 2.39. The molecule has 3 heterocycles. The molecule has 1 fully saturated rings. The van der Waals surface area contributed by atoms with E-state index in [1.807, 2.05) is 12.3 Å². The van der Waals surface area contributed by atoms with Gasteiger partial charge in [-0.3, -0.25) is 4.98 Å². The van der Waals surface area contributed by atoms with E-state index in [0.29, 0.717) is 5.71 Å². The van der Waals surface area contributed by atoms with Gasteiger partial charge < -0.3 is 4.42 Å². The van der Waals surface area contributed by atoms with Crippen molar-refractivity contribution in [2.75, 3.05) is 0 Å². The van der Waals surface area contributed by atoms with Crippen LogP contribution in [0.1, 0.15) is 37.7 Å². The Morgan fingerprint density at radius 2 is 1.63 bits per heavy atom. The Bertz CT molecular complexity index is 1380. The molecular weight excluding hydrogens is 367 g/mol. The molecule has 4 heteroatoms. The molecule has 146 valence electrons. The lowest BCUT2D eigenvalue weighted by Gasteiger charge is -2.34. The molecule has 0 spiro atoms. The summed E-state index contributed by atoms with van der Waals surface area (Å²) in [4.78, 5) is 9.45. The van der Waals surface area contributed by atoms with Crippen molar-refractivity contribution >= 4 is 40.7 Å². The van der Waals surface area contributed by atoms with Crippen molar-refractivity contribution < 1.29 is 4.42 Å². The molecule has 3 nitrogen and oxygen atoms in total. The van der Waals surface area contributed by atoms with Crippen molar-refractivity contribution in [1.29, 1.82) is 0 Å². The van der Waals surface area contributed by atoms with Crippen LogP contribution in [0.2, 0.25) is 0 Å². The highest BCUT2D eigenvalue weighted by atomic mass is 16.3. The van der Waals surface area contributed by atoms with E-state index < -0.39 is 0 Å². The monoisotopic (exact) mass is 390 g/mol. The van der Waals surface area contributed by atoms with Crippen molar-refractivity contribution in [2.24, 2.45) is 0 Å². The summed E-state index contributed by atoms with van der Waals surface area (Å²) in [6, 6.07) is 19.1. The number of hydrogen-bond donors (Lipinski definition) is 0. The summed E-state index contributed by atoms with van der Waals surface area (Å²) < 4.78 is 6.26. The SMILES string of the molecule is BC1(c2ccc(-c3cccc4c3oc3ncc5ccccc5c34)nc2)CCCCC1. The molecule has 1 saturated carbocycles. The van der Waals surface area contributed by atoms with E-state index in [1.54, 1.807) is 0 Å². The number of hydrogen-bond acceptors (Lipinski definition) is 3. The zero-order valence-corrected chi connectivity index (χ0v) is 17.2. The lowest BCUT2D eigenvalue weighted by atomic mass is 9.57. The Labute approximate surface area is 176 Å². The summed E-state index contributed by atoms with van der Waals surface area (Å²) in [6.07, 6.45) is 10.5. The summed E-state index contributed by atoms with van der Waals surface area (Å²) >= 11 is 0. The van der Waals surface area contributed by atoms with Crippen LogP contribution in [0.5, 0.6) is 0 Å². The second kappa shape index (κ2) is 6.70. The number of rotatable bonds is 2. The molecule has 6 rings (SSSR count). The lowest BCUT2D eigenvalue weighted by molar-refractivity contribution is 0.397. The minimum absolute atomic E-state index is 0.262. The molecule has 0 saturated heterocycles. The Balaban J connectivity index is 1.50. The fraction of sp³-hybridized carbons (Fsp3) is 0.231. The highest BCUT2D eigenvalue weighted by Crippen LogP contribution is 2.39. The smallest absolute Gasteiger partial charge is 0.227 e. The fourth-order valence-corrected chi connectivity index (χ4v) is 5.16. The number of pyridine rings is 2. The van der Waals surface area contributed by atoms with Gasteiger partial charge in [-0.25, -0.2) is 4.98 Å².